The summed E-state index contributed by atoms with van der Waals surface area (Å²) in [6.45, 7) is 6.78. The van der Waals surface area contributed by atoms with Crippen molar-refractivity contribution in [3.8, 4) is 0 Å². The number of aromatic nitrogens is 1. The number of benzene rings is 1. The zero-order valence-electron chi connectivity index (χ0n) is 16.8. The van der Waals surface area contributed by atoms with Gasteiger partial charge in [-0.3, -0.25) is 0 Å². The van der Waals surface area contributed by atoms with Crippen LogP contribution in [0.25, 0.3) is 0 Å². The van der Waals surface area contributed by atoms with E-state index in [1.807, 2.05) is 6.20 Å². The number of nitrogens with zero attached hydrogens (tertiary/aromatic N) is 3. The Bertz CT molecular complexity index is 774. The van der Waals surface area contributed by atoms with E-state index in [9.17, 15) is 0 Å². The van der Waals surface area contributed by atoms with E-state index in [-0.39, 0.29) is 5.41 Å². The largest absolute Gasteiger partial charge is 0.357 e. The van der Waals surface area contributed by atoms with Crippen LogP contribution in [0.4, 0.5) is 5.82 Å². The molecule has 1 aliphatic heterocycles. The number of rotatable bonds is 7. The zero-order valence-corrected chi connectivity index (χ0v) is 16.8. The van der Waals surface area contributed by atoms with E-state index in [1.165, 1.54) is 31.2 Å². The summed E-state index contributed by atoms with van der Waals surface area (Å²) in [5, 5.41) is 6.93. The minimum Gasteiger partial charge on any atom is -0.357 e. The predicted molar refractivity (Wildman–Crippen MR) is 116 cm³/mol. The molecule has 0 amide bonds. The van der Waals surface area contributed by atoms with Crippen LogP contribution in [0.15, 0.2) is 53.7 Å². The summed E-state index contributed by atoms with van der Waals surface area (Å²) in [5.41, 5.74) is 2.85. The van der Waals surface area contributed by atoms with Gasteiger partial charge in [0.25, 0.3) is 0 Å². The van der Waals surface area contributed by atoms with Crippen molar-refractivity contribution in [2.24, 2.45) is 4.99 Å². The van der Waals surface area contributed by atoms with Gasteiger partial charge in [0, 0.05) is 37.8 Å². The van der Waals surface area contributed by atoms with E-state index in [0.29, 0.717) is 6.54 Å². The monoisotopic (exact) mass is 377 g/mol. The Kier molecular flexibility index (Phi) is 5.79. The van der Waals surface area contributed by atoms with Crippen molar-refractivity contribution >= 4 is 11.8 Å². The predicted octanol–water partition coefficient (Wildman–Crippen LogP) is 3.47. The lowest BCUT2D eigenvalue weighted by molar-refractivity contribution is 0.646. The summed E-state index contributed by atoms with van der Waals surface area (Å²) >= 11 is 0. The Labute approximate surface area is 168 Å². The van der Waals surface area contributed by atoms with Crippen molar-refractivity contribution in [1.82, 2.24) is 15.6 Å². The van der Waals surface area contributed by atoms with E-state index >= 15 is 0 Å². The van der Waals surface area contributed by atoms with Crippen molar-refractivity contribution in [1.29, 1.82) is 0 Å². The number of anilines is 1. The molecule has 148 valence electrons. The van der Waals surface area contributed by atoms with Crippen molar-refractivity contribution in [3.05, 3.63) is 59.8 Å². The van der Waals surface area contributed by atoms with Gasteiger partial charge in [-0.15, -0.1) is 0 Å². The fraction of sp³-hybridized carbons (Fsp3) is 0.478. The second-order valence-electron chi connectivity index (χ2n) is 7.91. The summed E-state index contributed by atoms with van der Waals surface area (Å²) in [5.74, 6) is 1.97. The van der Waals surface area contributed by atoms with Gasteiger partial charge in [-0.1, -0.05) is 36.4 Å². The highest BCUT2D eigenvalue weighted by atomic mass is 15.2. The first-order valence-corrected chi connectivity index (χ1v) is 10.6. The summed E-state index contributed by atoms with van der Waals surface area (Å²) < 4.78 is 0. The Hall–Kier alpha value is -2.56. The van der Waals surface area contributed by atoms with Gasteiger partial charge in [-0.2, -0.15) is 0 Å². The summed E-state index contributed by atoms with van der Waals surface area (Å²) in [6.07, 6.45) is 7.00. The van der Waals surface area contributed by atoms with E-state index in [1.54, 1.807) is 0 Å². The maximum absolute atomic E-state index is 4.78. The van der Waals surface area contributed by atoms with Gasteiger partial charge in [0.2, 0.25) is 0 Å². The van der Waals surface area contributed by atoms with E-state index in [4.69, 9.17) is 4.99 Å². The molecule has 5 nitrogen and oxygen atoms in total. The van der Waals surface area contributed by atoms with Crippen LogP contribution in [0, 0.1) is 0 Å². The van der Waals surface area contributed by atoms with Gasteiger partial charge >= 0.3 is 0 Å². The van der Waals surface area contributed by atoms with Crippen LogP contribution in [0.5, 0.6) is 0 Å². The Morgan fingerprint density at radius 1 is 1.07 bits per heavy atom. The Morgan fingerprint density at radius 3 is 2.50 bits per heavy atom. The maximum atomic E-state index is 4.78. The van der Waals surface area contributed by atoms with Crippen LogP contribution in [-0.4, -0.2) is 37.1 Å². The molecule has 1 saturated carbocycles. The number of pyridine rings is 1. The fourth-order valence-corrected chi connectivity index (χ4v) is 3.92. The third-order valence-corrected chi connectivity index (χ3v) is 5.84. The van der Waals surface area contributed by atoms with E-state index < -0.39 is 0 Å². The molecule has 2 heterocycles. The SMILES string of the molecule is CCNC(=NCc1ccc(N2CCCC2)nc1)NCC1(c2ccccc2)CC1. The summed E-state index contributed by atoms with van der Waals surface area (Å²) in [4.78, 5) is 11.8. The second-order valence-corrected chi connectivity index (χ2v) is 7.91. The number of aliphatic imine (C=N–C) groups is 1. The smallest absolute Gasteiger partial charge is 0.191 e. The van der Waals surface area contributed by atoms with Crippen molar-refractivity contribution < 1.29 is 0 Å². The van der Waals surface area contributed by atoms with E-state index in [2.05, 4.69) is 69.9 Å². The minimum absolute atomic E-state index is 0.274. The topological polar surface area (TPSA) is 52.6 Å². The van der Waals surface area contributed by atoms with Crippen molar-refractivity contribution in [3.63, 3.8) is 0 Å². The molecule has 1 aliphatic carbocycles. The third kappa shape index (κ3) is 4.46. The second kappa shape index (κ2) is 8.63. The van der Waals surface area contributed by atoms with Crippen LogP contribution < -0.4 is 15.5 Å². The molecule has 4 rings (SSSR count). The van der Waals surface area contributed by atoms with Crippen LogP contribution in [0.2, 0.25) is 0 Å². The average Bonchev–Trinajstić information content (AvgIpc) is 3.34. The lowest BCUT2D eigenvalue weighted by atomic mass is 9.96. The number of hydrogen-bond acceptors (Lipinski definition) is 3. The Morgan fingerprint density at radius 2 is 1.86 bits per heavy atom. The van der Waals surface area contributed by atoms with E-state index in [0.717, 1.165) is 43.5 Å². The Balaban J connectivity index is 1.35. The molecule has 0 unspecified atom stereocenters. The van der Waals surface area contributed by atoms with Gasteiger partial charge in [0.05, 0.1) is 6.54 Å². The molecule has 2 N–H and O–H groups in total. The first kappa shape index (κ1) is 18.8. The molecule has 2 aliphatic rings. The first-order chi connectivity index (χ1) is 13.8. The highest BCUT2D eigenvalue weighted by Gasteiger charge is 2.43. The van der Waals surface area contributed by atoms with Gasteiger partial charge in [0.15, 0.2) is 5.96 Å². The van der Waals surface area contributed by atoms with Gasteiger partial charge in [0.1, 0.15) is 5.82 Å². The van der Waals surface area contributed by atoms with Crippen LogP contribution in [0.1, 0.15) is 43.7 Å². The first-order valence-electron chi connectivity index (χ1n) is 10.6. The molecular formula is C23H31N5. The fourth-order valence-electron chi connectivity index (χ4n) is 3.92. The maximum Gasteiger partial charge on any atom is 0.191 e. The van der Waals surface area contributed by atoms with Crippen molar-refractivity contribution in [2.75, 3.05) is 31.1 Å². The lowest BCUT2D eigenvalue weighted by Gasteiger charge is -2.19. The van der Waals surface area contributed by atoms with Gasteiger partial charge in [-0.05, 0) is 49.8 Å². The highest BCUT2D eigenvalue weighted by Crippen LogP contribution is 2.47. The summed E-state index contributed by atoms with van der Waals surface area (Å²) in [7, 11) is 0. The zero-order chi connectivity index (χ0) is 19.2. The highest BCUT2D eigenvalue weighted by molar-refractivity contribution is 5.80. The average molecular weight is 378 g/mol. The molecule has 2 aromatic rings. The molecule has 0 bridgehead atoms. The molecule has 0 radical (unpaired) electrons. The molecule has 28 heavy (non-hydrogen) atoms. The quantitative estimate of drug-likeness (QED) is 0.573. The van der Waals surface area contributed by atoms with Crippen LogP contribution in [0.3, 0.4) is 0 Å². The van der Waals surface area contributed by atoms with Crippen LogP contribution >= 0.6 is 0 Å². The lowest BCUT2D eigenvalue weighted by Crippen LogP contribution is -2.41. The molecule has 0 atom stereocenters. The molecule has 0 spiro atoms. The molecule has 5 heteroatoms. The normalized spacial score (nSPS) is 18.2. The number of nitrogens with one attached hydrogen (secondary N) is 2. The van der Waals surface area contributed by atoms with Gasteiger partial charge < -0.3 is 15.5 Å². The van der Waals surface area contributed by atoms with Crippen LogP contribution in [-0.2, 0) is 12.0 Å². The number of guanidine groups is 1. The number of hydrogen-bond donors (Lipinski definition) is 2. The molecule has 1 aromatic carbocycles. The minimum atomic E-state index is 0.274. The molecule has 1 saturated heterocycles. The standard InChI is InChI=1S/C23H31N5/c1-2-24-22(27-18-23(12-13-23)20-8-4-3-5-9-20)26-17-19-10-11-21(25-16-19)28-14-6-7-15-28/h3-5,8-11,16H,2,6-7,12-15,17-18H2,1H3,(H2,24,26,27). The van der Waals surface area contributed by atoms with Crippen molar-refractivity contribution in [2.45, 2.75) is 44.6 Å². The summed E-state index contributed by atoms with van der Waals surface area (Å²) in [6, 6.07) is 15.1. The molecule has 1 aromatic heterocycles. The van der Waals surface area contributed by atoms with Gasteiger partial charge in [-0.25, -0.2) is 9.98 Å². The molecule has 2 fully saturated rings. The third-order valence-electron chi connectivity index (χ3n) is 5.84. The molecular weight excluding hydrogens is 346 g/mol.